The molecule has 2 aromatic carbocycles. The van der Waals surface area contributed by atoms with Gasteiger partial charge in [0.1, 0.15) is 11.4 Å². The summed E-state index contributed by atoms with van der Waals surface area (Å²) in [5, 5.41) is 1.09. The molecule has 0 saturated carbocycles. The van der Waals surface area contributed by atoms with Crippen LogP contribution >= 0.6 is 0 Å². The molecule has 1 N–H and O–H groups in total. The van der Waals surface area contributed by atoms with E-state index in [1.807, 2.05) is 70.7 Å². The van der Waals surface area contributed by atoms with Gasteiger partial charge in [0, 0.05) is 43.1 Å². The summed E-state index contributed by atoms with van der Waals surface area (Å²) in [6.07, 6.45) is 3.71. The van der Waals surface area contributed by atoms with Gasteiger partial charge in [-0.3, -0.25) is 4.90 Å². The van der Waals surface area contributed by atoms with Gasteiger partial charge < -0.3 is 14.6 Å². The van der Waals surface area contributed by atoms with Gasteiger partial charge in [-0.2, -0.15) is 0 Å². The van der Waals surface area contributed by atoms with Crippen LogP contribution in [0, 0.1) is 0 Å². The number of hydrogen-bond donors (Lipinski definition) is 1. The van der Waals surface area contributed by atoms with Crippen LogP contribution in [0.2, 0.25) is 0 Å². The molecular weight excluding hydrogens is 376 g/mol. The first-order chi connectivity index (χ1) is 14.7. The second-order valence-corrected chi connectivity index (χ2v) is 7.35. The molecule has 2 aromatic heterocycles. The number of rotatable bonds is 5. The molecule has 1 saturated heterocycles. The van der Waals surface area contributed by atoms with Crippen molar-refractivity contribution in [3.63, 3.8) is 0 Å². The highest BCUT2D eigenvalue weighted by Gasteiger charge is 2.29. The molecule has 2 amide bonds. The summed E-state index contributed by atoms with van der Waals surface area (Å²) in [5.41, 5.74) is 5.08. The monoisotopic (exact) mass is 398 g/mol. The van der Waals surface area contributed by atoms with Crippen LogP contribution in [0.3, 0.4) is 0 Å². The van der Waals surface area contributed by atoms with Crippen molar-refractivity contribution in [1.82, 2.24) is 14.9 Å². The minimum atomic E-state index is 0.0301. The average molecular weight is 398 g/mol. The van der Waals surface area contributed by atoms with Crippen LogP contribution in [0.5, 0.6) is 5.75 Å². The number of hydrogen-bond acceptors (Lipinski definition) is 3. The molecule has 4 aromatic rings. The molecular formula is C24H22N4O2. The second-order valence-electron chi connectivity index (χ2n) is 7.35. The molecule has 0 aliphatic carbocycles. The van der Waals surface area contributed by atoms with Gasteiger partial charge >= 0.3 is 6.03 Å². The number of benzene rings is 2. The molecule has 1 aliphatic rings. The van der Waals surface area contributed by atoms with Crippen molar-refractivity contribution in [3.05, 3.63) is 78.6 Å². The summed E-state index contributed by atoms with van der Waals surface area (Å²) in [6.45, 7) is 1.96. The first kappa shape index (κ1) is 18.2. The molecule has 0 atom stereocenters. The zero-order valence-corrected chi connectivity index (χ0v) is 16.7. The standard InChI is InChI=1S/C24H22N4O2/c1-30-20-4-2-3-17(15-20)16-27-13-14-28(24(27)29)19-7-5-18(6-8-19)21-9-11-25-23-22(21)10-12-26-23/h2-12,15H,13-14,16H2,1H3,(H,25,26). The summed E-state index contributed by atoms with van der Waals surface area (Å²) in [5.74, 6) is 0.805. The SMILES string of the molecule is COc1cccc(CN2CCN(c3ccc(-c4ccnc5[nH]ccc45)cc3)C2=O)c1. The van der Waals surface area contributed by atoms with E-state index >= 15 is 0 Å². The van der Waals surface area contributed by atoms with Gasteiger partial charge in [-0.05, 0) is 53.1 Å². The maximum Gasteiger partial charge on any atom is 0.324 e. The van der Waals surface area contributed by atoms with E-state index in [0.717, 1.165) is 39.2 Å². The van der Waals surface area contributed by atoms with Crippen LogP contribution in [-0.2, 0) is 6.54 Å². The number of nitrogens with zero attached hydrogens (tertiary/aromatic N) is 3. The maximum absolute atomic E-state index is 13.0. The Bertz CT molecular complexity index is 1200. The van der Waals surface area contributed by atoms with Crippen molar-refractivity contribution < 1.29 is 9.53 Å². The third-order valence-corrected chi connectivity index (χ3v) is 5.55. The molecule has 150 valence electrons. The highest BCUT2D eigenvalue weighted by atomic mass is 16.5. The number of carbonyl (C=O) groups excluding carboxylic acids is 1. The Labute approximate surface area is 174 Å². The lowest BCUT2D eigenvalue weighted by Crippen LogP contribution is -2.31. The molecule has 0 spiro atoms. The molecule has 6 nitrogen and oxygen atoms in total. The maximum atomic E-state index is 13.0. The van der Waals surface area contributed by atoms with Gasteiger partial charge in [0.15, 0.2) is 0 Å². The fourth-order valence-corrected chi connectivity index (χ4v) is 3.99. The van der Waals surface area contributed by atoms with E-state index in [-0.39, 0.29) is 6.03 Å². The second kappa shape index (κ2) is 7.55. The number of urea groups is 1. The molecule has 5 rings (SSSR count). The topological polar surface area (TPSA) is 61.5 Å². The molecule has 6 heteroatoms. The van der Waals surface area contributed by atoms with E-state index in [1.165, 1.54) is 0 Å². The Morgan fingerprint density at radius 1 is 1.07 bits per heavy atom. The third kappa shape index (κ3) is 3.26. The number of nitrogens with one attached hydrogen (secondary N) is 1. The first-order valence-electron chi connectivity index (χ1n) is 9.95. The van der Waals surface area contributed by atoms with Crippen LogP contribution in [0.25, 0.3) is 22.2 Å². The predicted molar refractivity (Wildman–Crippen MR) is 118 cm³/mol. The fourth-order valence-electron chi connectivity index (χ4n) is 3.99. The van der Waals surface area contributed by atoms with Crippen molar-refractivity contribution in [3.8, 4) is 16.9 Å². The zero-order chi connectivity index (χ0) is 20.5. The number of aromatic nitrogens is 2. The molecule has 0 unspecified atom stereocenters. The van der Waals surface area contributed by atoms with Crippen molar-refractivity contribution in [2.24, 2.45) is 0 Å². The number of carbonyl (C=O) groups is 1. The number of fused-ring (bicyclic) bond motifs is 1. The van der Waals surface area contributed by atoms with E-state index in [2.05, 4.69) is 22.1 Å². The smallest absolute Gasteiger partial charge is 0.324 e. The number of ether oxygens (including phenoxy) is 1. The summed E-state index contributed by atoms with van der Waals surface area (Å²) >= 11 is 0. The Hall–Kier alpha value is -3.80. The minimum Gasteiger partial charge on any atom is -0.497 e. The first-order valence-corrected chi connectivity index (χ1v) is 9.95. The van der Waals surface area contributed by atoms with Crippen LogP contribution in [0.15, 0.2) is 73.1 Å². The number of methoxy groups -OCH3 is 1. The number of anilines is 1. The van der Waals surface area contributed by atoms with Crippen molar-refractivity contribution in [2.75, 3.05) is 25.1 Å². The highest BCUT2D eigenvalue weighted by Crippen LogP contribution is 2.30. The number of pyridine rings is 1. The van der Waals surface area contributed by atoms with Gasteiger partial charge in [0.05, 0.1) is 7.11 Å². The molecule has 30 heavy (non-hydrogen) atoms. The number of aromatic amines is 1. The third-order valence-electron chi connectivity index (χ3n) is 5.55. The quantitative estimate of drug-likeness (QED) is 0.531. The summed E-state index contributed by atoms with van der Waals surface area (Å²) in [4.78, 5) is 24.2. The number of amides is 2. The lowest BCUT2D eigenvalue weighted by molar-refractivity contribution is 0.218. The largest absolute Gasteiger partial charge is 0.497 e. The molecule has 0 radical (unpaired) electrons. The van der Waals surface area contributed by atoms with Crippen molar-refractivity contribution in [1.29, 1.82) is 0 Å². The Balaban J connectivity index is 1.34. The van der Waals surface area contributed by atoms with Gasteiger partial charge in [0.2, 0.25) is 0 Å². The van der Waals surface area contributed by atoms with Gasteiger partial charge in [-0.25, -0.2) is 9.78 Å². The van der Waals surface area contributed by atoms with Crippen LogP contribution in [0.1, 0.15) is 5.56 Å². The predicted octanol–water partition coefficient (Wildman–Crippen LogP) is 4.68. The van der Waals surface area contributed by atoms with Crippen LogP contribution in [-0.4, -0.2) is 41.1 Å². The summed E-state index contributed by atoms with van der Waals surface area (Å²) in [7, 11) is 1.65. The normalized spacial score (nSPS) is 14.0. The molecule has 1 aliphatic heterocycles. The summed E-state index contributed by atoms with van der Waals surface area (Å²) < 4.78 is 5.29. The van der Waals surface area contributed by atoms with Crippen LogP contribution < -0.4 is 9.64 Å². The molecule has 1 fully saturated rings. The molecule has 0 bridgehead atoms. The van der Waals surface area contributed by atoms with Gasteiger partial charge in [0.25, 0.3) is 0 Å². The number of H-pyrrole nitrogens is 1. The summed E-state index contributed by atoms with van der Waals surface area (Å²) in [6, 6.07) is 20.1. The highest BCUT2D eigenvalue weighted by molar-refractivity contribution is 5.96. The minimum absolute atomic E-state index is 0.0301. The fraction of sp³-hybridized carbons (Fsp3) is 0.167. The van der Waals surface area contributed by atoms with Gasteiger partial charge in [-0.1, -0.05) is 24.3 Å². The van der Waals surface area contributed by atoms with E-state index in [1.54, 1.807) is 7.11 Å². The van der Waals surface area contributed by atoms with E-state index in [0.29, 0.717) is 19.6 Å². The van der Waals surface area contributed by atoms with Crippen molar-refractivity contribution >= 4 is 22.8 Å². The average Bonchev–Trinajstić information content (AvgIpc) is 3.41. The lowest BCUT2D eigenvalue weighted by Gasteiger charge is -2.19. The van der Waals surface area contributed by atoms with Crippen LogP contribution in [0.4, 0.5) is 10.5 Å². The van der Waals surface area contributed by atoms with E-state index in [4.69, 9.17) is 4.74 Å². The molecule has 3 heterocycles. The van der Waals surface area contributed by atoms with Gasteiger partial charge in [-0.15, -0.1) is 0 Å². The zero-order valence-electron chi connectivity index (χ0n) is 16.7. The lowest BCUT2D eigenvalue weighted by atomic mass is 10.0. The Kier molecular flexibility index (Phi) is 4.59. The van der Waals surface area contributed by atoms with E-state index < -0.39 is 0 Å². The van der Waals surface area contributed by atoms with Crippen molar-refractivity contribution in [2.45, 2.75) is 6.54 Å². The van der Waals surface area contributed by atoms with E-state index in [9.17, 15) is 4.79 Å². The Morgan fingerprint density at radius 2 is 1.93 bits per heavy atom. The Morgan fingerprint density at radius 3 is 2.77 bits per heavy atom.